The van der Waals surface area contributed by atoms with Crippen LogP contribution in [0.15, 0.2) is 0 Å². The normalized spacial score (nSPS) is 11.7. The molecule has 0 aromatic carbocycles. The van der Waals surface area contributed by atoms with E-state index in [2.05, 4.69) is 13.8 Å². The number of hydrogen-bond acceptors (Lipinski definition) is 9. The Bertz CT molecular complexity index is 354. The van der Waals surface area contributed by atoms with Crippen molar-refractivity contribution in [1.29, 1.82) is 0 Å². The van der Waals surface area contributed by atoms with Gasteiger partial charge < -0.3 is 43.0 Å². The maximum absolute atomic E-state index is 9.86. The van der Waals surface area contributed by atoms with E-state index in [1.807, 2.05) is 0 Å². The molecule has 218 valence electrons. The highest BCUT2D eigenvalue weighted by atomic mass is 16.6. The third-order valence-electron chi connectivity index (χ3n) is 5.14. The van der Waals surface area contributed by atoms with Crippen LogP contribution in [0.5, 0.6) is 0 Å². The summed E-state index contributed by atoms with van der Waals surface area (Å²) in [5.74, 6) is 0. The number of hydrogen-bond donors (Lipinski definition) is 1. The Labute approximate surface area is 220 Å². The lowest BCUT2D eigenvalue weighted by Crippen LogP contribution is -2.24. The van der Waals surface area contributed by atoms with Crippen molar-refractivity contribution in [1.82, 2.24) is 0 Å². The standard InChI is InChI=1S/C27H56O9/c1-3-5-7-9-11-29-13-15-31-17-19-33-21-23-35-25-27(28)26-36-24-22-34-20-18-32-16-14-30-12-10-8-6-4-2/h27-28H,3-26H2,1-2H3. The van der Waals surface area contributed by atoms with Crippen LogP contribution in [-0.4, -0.2) is 117 Å². The third-order valence-corrected chi connectivity index (χ3v) is 5.14. The van der Waals surface area contributed by atoms with E-state index in [1.54, 1.807) is 0 Å². The van der Waals surface area contributed by atoms with Crippen molar-refractivity contribution >= 4 is 0 Å². The van der Waals surface area contributed by atoms with Gasteiger partial charge in [0.05, 0.1) is 92.5 Å². The predicted octanol–water partition coefficient (Wildman–Crippen LogP) is 3.64. The SMILES string of the molecule is CCCCCCOCCOCCOCCOCC(O)COCCOCCOCCOCCCCCC. The molecule has 9 heteroatoms. The van der Waals surface area contributed by atoms with E-state index in [-0.39, 0.29) is 13.2 Å². The van der Waals surface area contributed by atoms with Crippen LogP contribution in [0.2, 0.25) is 0 Å². The molecule has 0 saturated carbocycles. The highest BCUT2D eigenvalue weighted by Gasteiger charge is 2.04. The van der Waals surface area contributed by atoms with Crippen molar-refractivity contribution < 1.29 is 43.0 Å². The van der Waals surface area contributed by atoms with Crippen LogP contribution in [-0.2, 0) is 37.9 Å². The van der Waals surface area contributed by atoms with Gasteiger partial charge in [0, 0.05) is 13.2 Å². The maximum atomic E-state index is 9.86. The van der Waals surface area contributed by atoms with Gasteiger partial charge in [0.25, 0.3) is 0 Å². The fourth-order valence-corrected chi connectivity index (χ4v) is 3.07. The van der Waals surface area contributed by atoms with Crippen LogP contribution in [0.1, 0.15) is 65.2 Å². The average molecular weight is 525 g/mol. The highest BCUT2D eigenvalue weighted by Crippen LogP contribution is 1.99. The molecule has 0 aliphatic rings. The summed E-state index contributed by atoms with van der Waals surface area (Å²) in [6.45, 7) is 12.8. The first-order chi connectivity index (χ1) is 17.8. The van der Waals surface area contributed by atoms with Gasteiger partial charge in [-0.1, -0.05) is 52.4 Å². The number of unbranched alkanes of at least 4 members (excludes halogenated alkanes) is 6. The summed E-state index contributed by atoms with van der Waals surface area (Å²) in [6.07, 6.45) is 9.08. The van der Waals surface area contributed by atoms with Gasteiger partial charge >= 0.3 is 0 Å². The summed E-state index contributed by atoms with van der Waals surface area (Å²) in [6, 6.07) is 0. The van der Waals surface area contributed by atoms with E-state index < -0.39 is 6.10 Å². The van der Waals surface area contributed by atoms with Crippen LogP contribution in [0.3, 0.4) is 0 Å². The zero-order valence-corrected chi connectivity index (χ0v) is 23.3. The highest BCUT2D eigenvalue weighted by molar-refractivity contribution is 4.51. The third kappa shape index (κ3) is 31.7. The van der Waals surface area contributed by atoms with Gasteiger partial charge in [0.2, 0.25) is 0 Å². The molecule has 0 amide bonds. The predicted molar refractivity (Wildman–Crippen MR) is 141 cm³/mol. The first-order valence-electron chi connectivity index (χ1n) is 14.1. The Balaban J connectivity index is 3.13. The second-order valence-electron chi connectivity index (χ2n) is 8.60. The summed E-state index contributed by atoms with van der Waals surface area (Å²) in [7, 11) is 0. The van der Waals surface area contributed by atoms with Gasteiger partial charge in [-0.15, -0.1) is 0 Å². The number of aliphatic hydroxyl groups excluding tert-OH is 1. The van der Waals surface area contributed by atoms with Crippen molar-refractivity contribution in [2.45, 2.75) is 71.3 Å². The molecule has 0 unspecified atom stereocenters. The molecule has 0 heterocycles. The molecule has 0 atom stereocenters. The minimum absolute atomic E-state index is 0.213. The smallest absolute Gasteiger partial charge is 0.101 e. The Morgan fingerprint density at radius 2 is 0.639 bits per heavy atom. The topological polar surface area (TPSA) is 94.1 Å². The van der Waals surface area contributed by atoms with E-state index in [1.165, 1.54) is 38.5 Å². The summed E-state index contributed by atoms with van der Waals surface area (Å²) < 4.78 is 43.6. The van der Waals surface area contributed by atoms with E-state index in [0.717, 1.165) is 26.1 Å². The lowest BCUT2D eigenvalue weighted by Gasteiger charge is -2.12. The van der Waals surface area contributed by atoms with Gasteiger partial charge in [-0.2, -0.15) is 0 Å². The molecular formula is C27H56O9. The van der Waals surface area contributed by atoms with Crippen LogP contribution >= 0.6 is 0 Å². The monoisotopic (exact) mass is 524 g/mol. The Hall–Kier alpha value is -0.360. The first kappa shape index (κ1) is 35.6. The minimum atomic E-state index is -0.666. The Morgan fingerprint density at radius 1 is 0.361 bits per heavy atom. The first-order valence-corrected chi connectivity index (χ1v) is 14.1. The van der Waals surface area contributed by atoms with E-state index in [0.29, 0.717) is 79.3 Å². The summed E-state index contributed by atoms with van der Waals surface area (Å²) in [5, 5.41) is 9.86. The Kier molecular flexibility index (Phi) is 32.3. The molecule has 0 aliphatic carbocycles. The van der Waals surface area contributed by atoms with Crippen molar-refractivity contribution in [2.75, 3.05) is 106 Å². The molecular weight excluding hydrogens is 468 g/mol. The van der Waals surface area contributed by atoms with E-state index in [4.69, 9.17) is 37.9 Å². The van der Waals surface area contributed by atoms with Crippen molar-refractivity contribution in [3.8, 4) is 0 Å². The van der Waals surface area contributed by atoms with Gasteiger partial charge in [0.15, 0.2) is 0 Å². The second kappa shape index (κ2) is 32.7. The van der Waals surface area contributed by atoms with Crippen molar-refractivity contribution in [3.05, 3.63) is 0 Å². The molecule has 1 N–H and O–H groups in total. The summed E-state index contributed by atoms with van der Waals surface area (Å²) >= 11 is 0. The van der Waals surface area contributed by atoms with Crippen LogP contribution < -0.4 is 0 Å². The van der Waals surface area contributed by atoms with Gasteiger partial charge in [-0.3, -0.25) is 0 Å². The summed E-state index contributed by atoms with van der Waals surface area (Å²) in [5.41, 5.74) is 0. The average Bonchev–Trinajstić information content (AvgIpc) is 2.88. The molecule has 0 aromatic heterocycles. The molecule has 0 fully saturated rings. The Morgan fingerprint density at radius 3 is 0.944 bits per heavy atom. The summed E-state index contributed by atoms with van der Waals surface area (Å²) in [4.78, 5) is 0. The fraction of sp³-hybridized carbons (Fsp3) is 1.00. The zero-order chi connectivity index (χ0) is 26.2. The van der Waals surface area contributed by atoms with Crippen LogP contribution in [0.4, 0.5) is 0 Å². The van der Waals surface area contributed by atoms with Crippen molar-refractivity contribution in [3.63, 3.8) is 0 Å². The number of ether oxygens (including phenoxy) is 8. The van der Waals surface area contributed by atoms with Gasteiger partial charge in [0.1, 0.15) is 6.10 Å². The van der Waals surface area contributed by atoms with E-state index >= 15 is 0 Å². The number of rotatable bonds is 32. The molecule has 0 spiro atoms. The van der Waals surface area contributed by atoms with E-state index in [9.17, 15) is 5.11 Å². The molecule has 0 saturated heterocycles. The molecule has 0 aromatic rings. The molecule has 9 nitrogen and oxygen atoms in total. The van der Waals surface area contributed by atoms with Crippen LogP contribution in [0.25, 0.3) is 0 Å². The fourth-order valence-electron chi connectivity index (χ4n) is 3.07. The second-order valence-corrected chi connectivity index (χ2v) is 8.60. The molecule has 0 bridgehead atoms. The molecule has 36 heavy (non-hydrogen) atoms. The van der Waals surface area contributed by atoms with Gasteiger partial charge in [-0.05, 0) is 12.8 Å². The quantitative estimate of drug-likeness (QED) is 0.132. The molecule has 0 rings (SSSR count). The minimum Gasteiger partial charge on any atom is -0.388 e. The largest absolute Gasteiger partial charge is 0.388 e. The van der Waals surface area contributed by atoms with Gasteiger partial charge in [-0.25, -0.2) is 0 Å². The lowest BCUT2D eigenvalue weighted by atomic mass is 10.2. The number of aliphatic hydroxyl groups is 1. The molecule has 0 aliphatic heterocycles. The zero-order valence-electron chi connectivity index (χ0n) is 23.3. The lowest BCUT2D eigenvalue weighted by molar-refractivity contribution is -0.0488. The maximum Gasteiger partial charge on any atom is 0.101 e. The molecule has 0 radical (unpaired) electrons. The van der Waals surface area contributed by atoms with Crippen LogP contribution in [0, 0.1) is 0 Å². The van der Waals surface area contributed by atoms with Crippen molar-refractivity contribution in [2.24, 2.45) is 0 Å².